The van der Waals surface area contributed by atoms with E-state index in [-0.39, 0.29) is 6.04 Å². The second kappa shape index (κ2) is 6.66. The molecule has 0 heterocycles. The Bertz CT molecular complexity index is 311. The number of hydrogen-bond acceptors (Lipinski definition) is 2. The third-order valence-electron chi connectivity index (χ3n) is 2.93. The normalized spacial score (nSPS) is 14.8. The predicted molar refractivity (Wildman–Crippen MR) is 68.6 cm³/mol. The van der Waals surface area contributed by atoms with Crippen molar-refractivity contribution < 1.29 is 4.74 Å². The van der Waals surface area contributed by atoms with Gasteiger partial charge in [0.15, 0.2) is 0 Å². The van der Waals surface area contributed by atoms with E-state index in [9.17, 15) is 0 Å². The van der Waals surface area contributed by atoms with E-state index in [1.54, 1.807) is 7.11 Å². The molecule has 2 N–H and O–H groups in total. The lowest BCUT2D eigenvalue weighted by Gasteiger charge is -2.14. The minimum atomic E-state index is 0.236. The van der Waals surface area contributed by atoms with Gasteiger partial charge in [0.05, 0.1) is 6.10 Å². The van der Waals surface area contributed by atoms with Crippen molar-refractivity contribution in [2.75, 3.05) is 7.11 Å². The highest BCUT2D eigenvalue weighted by Gasteiger charge is 2.07. The van der Waals surface area contributed by atoms with Crippen LogP contribution < -0.4 is 5.73 Å². The number of ether oxygens (including phenoxy) is 1. The summed E-state index contributed by atoms with van der Waals surface area (Å²) in [6, 6.07) is 8.79. The molecule has 0 saturated carbocycles. The van der Waals surface area contributed by atoms with Gasteiger partial charge in [0.2, 0.25) is 0 Å². The van der Waals surface area contributed by atoms with Gasteiger partial charge in [-0.3, -0.25) is 0 Å². The highest BCUT2D eigenvalue weighted by atomic mass is 16.5. The Hall–Kier alpha value is -0.860. The summed E-state index contributed by atoms with van der Waals surface area (Å²) >= 11 is 0. The minimum absolute atomic E-state index is 0.236. The van der Waals surface area contributed by atoms with Gasteiger partial charge in [0.1, 0.15) is 0 Å². The van der Waals surface area contributed by atoms with Crippen LogP contribution in [0.2, 0.25) is 0 Å². The maximum absolute atomic E-state index is 6.10. The van der Waals surface area contributed by atoms with Gasteiger partial charge < -0.3 is 10.5 Å². The number of aryl methyl sites for hydroxylation is 1. The molecular formula is C14H23NO. The zero-order valence-electron chi connectivity index (χ0n) is 10.6. The summed E-state index contributed by atoms with van der Waals surface area (Å²) in [7, 11) is 1.75. The number of methoxy groups -OCH3 is 1. The van der Waals surface area contributed by atoms with Gasteiger partial charge in [-0.15, -0.1) is 0 Å². The molecule has 90 valence electrons. The number of hydrogen-bond donors (Lipinski definition) is 1. The summed E-state index contributed by atoms with van der Waals surface area (Å²) in [4.78, 5) is 0. The van der Waals surface area contributed by atoms with Gasteiger partial charge in [0.25, 0.3) is 0 Å². The number of nitrogens with two attached hydrogens (primary N) is 1. The maximum atomic E-state index is 6.10. The molecule has 1 rings (SSSR count). The fraction of sp³-hybridized carbons (Fsp3) is 0.571. The molecule has 2 heteroatoms. The predicted octanol–water partition coefficient (Wildman–Crippen LogP) is 2.68. The summed E-state index contributed by atoms with van der Waals surface area (Å²) in [6.45, 7) is 4.20. The molecule has 0 spiro atoms. The average Bonchev–Trinajstić information content (AvgIpc) is 2.26. The first-order chi connectivity index (χ1) is 7.61. The number of benzene rings is 1. The first-order valence-corrected chi connectivity index (χ1v) is 5.95. The van der Waals surface area contributed by atoms with E-state index >= 15 is 0 Å². The van der Waals surface area contributed by atoms with Crippen LogP contribution in [0.5, 0.6) is 0 Å². The molecule has 0 aliphatic heterocycles. The molecule has 0 aliphatic carbocycles. The summed E-state index contributed by atoms with van der Waals surface area (Å²) < 4.78 is 5.21. The molecule has 2 atom stereocenters. The van der Waals surface area contributed by atoms with Crippen LogP contribution in [0.3, 0.4) is 0 Å². The van der Waals surface area contributed by atoms with Crippen molar-refractivity contribution in [3.8, 4) is 0 Å². The van der Waals surface area contributed by atoms with Gasteiger partial charge >= 0.3 is 0 Å². The Morgan fingerprint density at radius 2 is 2.06 bits per heavy atom. The third kappa shape index (κ3) is 4.77. The summed E-state index contributed by atoms with van der Waals surface area (Å²) in [5.74, 6) is 0. The van der Waals surface area contributed by atoms with Gasteiger partial charge in [-0.1, -0.05) is 29.8 Å². The molecule has 0 radical (unpaired) electrons. The molecule has 16 heavy (non-hydrogen) atoms. The van der Waals surface area contributed by atoms with Crippen molar-refractivity contribution in [3.63, 3.8) is 0 Å². The first-order valence-electron chi connectivity index (χ1n) is 5.95. The van der Waals surface area contributed by atoms with E-state index in [4.69, 9.17) is 10.5 Å². The molecule has 1 aromatic carbocycles. The number of rotatable bonds is 6. The van der Waals surface area contributed by atoms with Gasteiger partial charge in [-0.05, 0) is 38.7 Å². The van der Waals surface area contributed by atoms with E-state index in [0.29, 0.717) is 6.10 Å². The van der Waals surface area contributed by atoms with Crippen LogP contribution in [-0.4, -0.2) is 19.3 Å². The van der Waals surface area contributed by atoms with Crippen molar-refractivity contribution in [2.24, 2.45) is 5.73 Å². The summed E-state index contributed by atoms with van der Waals surface area (Å²) in [5, 5.41) is 0. The average molecular weight is 221 g/mol. The van der Waals surface area contributed by atoms with Crippen molar-refractivity contribution in [3.05, 3.63) is 35.4 Å². The zero-order chi connectivity index (χ0) is 12.0. The minimum Gasteiger partial charge on any atom is -0.382 e. The lowest BCUT2D eigenvalue weighted by Crippen LogP contribution is -2.24. The van der Waals surface area contributed by atoms with Crippen molar-refractivity contribution in [2.45, 2.75) is 45.3 Å². The van der Waals surface area contributed by atoms with Crippen molar-refractivity contribution >= 4 is 0 Å². The highest BCUT2D eigenvalue weighted by molar-refractivity contribution is 5.22. The first kappa shape index (κ1) is 13.2. The topological polar surface area (TPSA) is 35.2 Å². The van der Waals surface area contributed by atoms with Crippen LogP contribution in [0, 0.1) is 6.92 Å². The fourth-order valence-electron chi connectivity index (χ4n) is 1.81. The molecule has 2 unspecified atom stereocenters. The molecule has 0 fully saturated rings. The second-order valence-electron chi connectivity index (χ2n) is 4.58. The Morgan fingerprint density at radius 3 is 2.69 bits per heavy atom. The van der Waals surface area contributed by atoms with Gasteiger partial charge in [-0.2, -0.15) is 0 Å². The SMILES string of the molecule is COC(C)CCC(N)Cc1cccc(C)c1. The molecule has 1 aromatic rings. The lowest BCUT2D eigenvalue weighted by atomic mass is 10.00. The van der Waals surface area contributed by atoms with E-state index in [0.717, 1.165) is 19.3 Å². The van der Waals surface area contributed by atoms with Gasteiger partial charge in [-0.25, -0.2) is 0 Å². The largest absolute Gasteiger partial charge is 0.382 e. The molecule has 0 aliphatic rings. The molecule has 0 aromatic heterocycles. The van der Waals surface area contributed by atoms with E-state index < -0.39 is 0 Å². The van der Waals surface area contributed by atoms with Crippen LogP contribution in [0.4, 0.5) is 0 Å². The fourth-order valence-corrected chi connectivity index (χ4v) is 1.81. The van der Waals surface area contributed by atoms with Crippen molar-refractivity contribution in [1.82, 2.24) is 0 Å². The highest BCUT2D eigenvalue weighted by Crippen LogP contribution is 2.10. The van der Waals surface area contributed by atoms with Crippen LogP contribution in [0.25, 0.3) is 0 Å². The standard InChI is InChI=1S/C14H23NO/c1-11-5-4-6-13(9-11)10-14(15)8-7-12(2)16-3/h4-6,9,12,14H,7-8,10,15H2,1-3H3. The van der Waals surface area contributed by atoms with E-state index in [1.807, 2.05) is 0 Å². The monoisotopic (exact) mass is 221 g/mol. The lowest BCUT2D eigenvalue weighted by molar-refractivity contribution is 0.107. The Balaban J connectivity index is 2.36. The second-order valence-corrected chi connectivity index (χ2v) is 4.58. The van der Waals surface area contributed by atoms with E-state index in [1.165, 1.54) is 11.1 Å². The molecule has 0 amide bonds. The Labute approximate surface area is 98.8 Å². The summed E-state index contributed by atoms with van der Waals surface area (Å²) in [5.41, 5.74) is 8.74. The quantitative estimate of drug-likeness (QED) is 0.801. The van der Waals surface area contributed by atoms with Gasteiger partial charge in [0, 0.05) is 13.2 Å². The maximum Gasteiger partial charge on any atom is 0.0543 e. The van der Waals surface area contributed by atoms with Crippen LogP contribution in [-0.2, 0) is 11.2 Å². The van der Waals surface area contributed by atoms with Crippen LogP contribution in [0.15, 0.2) is 24.3 Å². The third-order valence-corrected chi connectivity index (χ3v) is 2.93. The van der Waals surface area contributed by atoms with Crippen LogP contribution >= 0.6 is 0 Å². The molecular weight excluding hydrogens is 198 g/mol. The van der Waals surface area contributed by atoms with Crippen molar-refractivity contribution in [1.29, 1.82) is 0 Å². The van der Waals surface area contributed by atoms with E-state index in [2.05, 4.69) is 38.1 Å². The summed E-state index contributed by atoms with van der Waals surface area (Å²) in [6.07, 6.45) is 3.31. The smallest absolute Gasteiger partial charge is 0.0543 e. The molecule has 2 nitrogen and oxygen atoms in total. The molecule has 0 bridgehead atoms. The molecule has 0 saturated heterocycles. The Kier molecular flexibility index (Phi) is 5.50. The zero-order valence-corrected chi connectivity index (χ0v) is 10.6. The van der Waals surface area contributed by atoms with Crippen LogP contribution in [0.1, 0.15) is 30.9 Å². The Morgan fingerprint density at radius 1 is 1.31 bits per heavy atom.